The van der Waals surface area contributed by atoms with Crippen molar-refractivity contribution in [2.75, 3.05) is 13.2 Å². The van der Waals surface area contributed by atoms with Gasteiger partial charge in [-0.2, -0.15) is 0 Å². The van der Waals surface area contributed by atoms with Crippen molar-refractivity contribution in [3.05, 3.63) is 0 Å². The second-order valence-corrected chi connectivity index (χ2v) is 17.1. The molecule has 332 valence electrons. The van der Waals surface area contributed by atoms with Crippen molar-refractivity contribution in [3.8, 4) is 0 Å². The van der Waals surface area contributed by atoms with Crippen LogP contribution in [0.3, 0.4) is 0 Å². The summed E-state index contributed by atoms with van der Waals surface area (Å²) >= 11 is 0. The van der Waals surface area contributed by atoms with E-state index in [0.29, 0.717) is 19.3 Å². The van der Waals surface area contributed by atoms with Gasteiger partial charge in [-0.05, 0) is 19.3 Å². The lowest BCUT2D eigenvalue weighted by molar-refractivity contribution is -0.167. The average Bonchev–Trinajstić information content (AvgIpc) is 3.19. The standard InChI is InChI=1S/C50H96O6/c1-4-7-10-13-16-18-19-20-21-22-23-24-25-26-27-28-29-30-32-34-37-40-43-49(52)55-46-47(45-54-48(51)42-39-36-33-15-12-9-6-3)56-50(53)44-41-38-35-31-17-14-11-8-5-2/h47H,4-46H2,1-3H3. The van der Waals surface area contributed by atoms with E-state index in [0.717, 1.165) is 57.8 Å². The van der Waals surface area contributed by atoms with Gasteiger partial charge in [-0.25, -0.2) is 0 Å². The van der Waals surface area contributed by atoms with Crippen molar-refractivity contribution < 1.29 is 28.6 Å². The first-order valence-corrected chi connectivity index (χ1v) is 25.0. The maximum atomic E-state index is 12.6. The van der Waals surface area contributed by atoms with Crippen LogP contribution in [-0.2, 0) is 28.6 Å². The molecule has 0 aromatic carbocycles. The third kappa shape index (κ3) is 43.5. The fourth-order valence-corrected chi connectivity index (χ4v) is 7.56. The summed E-state index contributed by atoms with van der Waals surface area (Å²) in [6, 6.07) is 0. The molecule has 0 bridgehead atoms. The summed E-state index contributed by atoms with van der Waals surface area (Å²) in [7, 11) is 0. The molecule has 0 aliphatic carbocycles. The maximum absolute atomic E-state index is 12.6. The molecule has 0 saturated heterocycles. The first-order valence-electron chi connectivity index (χ1n) is 25.0. The molecule has 0 N–H and O–H groups in total. The highest BCUT2D eigenvalue weighted by Gasteiger charge is 2.19. The van der Waals surface area contributed by atoms with Gasteiger partial charge in [0.05, 0.1) is 0 Å². The smallest absolute Gasteiger partial charge is 0.306 e. The summed E-state index contributed by atoms with van der Waals surface area (Å²) in [5.74, 6) is -0.857. The van der Waals surface area contributed by atoms with Crippen LogP contribution in [0, 0.1) is 0 Å². The summed E-state index contributed by atoms with van der Waals surface area (Å²) in [6.45, 7) is 6.61. The van der Waals surface area contributed by atoms with Gasteiger partial charge in [0.1, 0.15) is 13.2 Å². The van der Waals surface area contributed by atoms with Gasteiger partial charge in [-0.3, -0.25) is 14.4 Å². The molecule has 56 heavy (non-hydrogen) atoms. The van der Waals surface area contributed by atoms with E-state index < -0.39 is 6.10 Å². The number of rotatable bonds is 46. The van der Waals surface area contributed by atoms with Gasteiger partial charge in [-0.1, -0.05) is 245 Å². The Bertz CT molecular complexity index is 828. The fraction of sp³-hybridized carbons (Fsp3) is 0.940. The Balaban J connectivity index is 4.04. The minimum atomic E-state index is -0.757. The predicted molar refractivity (Wildman–Crippen MR) is 238 cm³/mol. The van der Waals surface area contributed by atoms with Gasteiger partial charge in [0.25, 0.3) is 0 Å². The molecule has 1 atom stereocenters. The number of carbonyl (C=O) groups is 3. The van der Waals surface area contributed by atoms with Crippen molar-refractivity contribution in [2.24, 2.45) is 0 Å². The van der Waals surface area contributed by atoms with Crippen molar-refractivity contribution in [1.29, 1.82) is 0 Å². The number of carbonyl (C=O) groups excluding carboxylic acids is 3. The maximum Gasteiger partial charge on any atom is 0.306 e. The predicted octanol–water partition coefficient (Wildman–Crippen LogP) is 16.0. The van der Waals surface area contributed by atoms with E-state index in [-0.39, 0.29) is 31.1 Å². The Kier molecular flexibility index (Phi) is 44.8. The van der Waals surface area contributed by atoms with Crippen LogP contribution >= 0.6 is 0 Å². The van der Waals surface area contributed by atoms with Crippen molar-refractivity contribution in [3.63, 3.8) is 0 Å². The second kappa shape index (κ2) is 46.1. The van der Waals surface area contributed by atoms with Crippen LogP contribution in [0.25, 0.3) is 0 Å². The molecule has 0 aromatic heterocycles. The van der Waals surface area contributed by atoms with Gasteiger partial charge >= 0.3 is 17.9 Å². The summed E-state index contributed by atoms with van der Waals surface area (Å²) in [4.78, 5) is 37.6. The van der Waals surface area contributed by atoms with Gasteiger partial charge in [0, 0.05) is 19.3 Å². The molecular weight excluding hydrogens is 697 g/mol. The summed E-state index contributed by atoms with van der Waals surface area (Å²) < 4.78 is 16.7. The largest absolute Gasteiger partial charge is 0.462 e. The number of hydrogen-bond donors (Lipinski definition) is 0. The Hall–Kier alpha value is -1.59. The molecule has 0 spiro atoms. The van der Waals surface area contributed by atoms with Crippen LogP contribution in [0.5, 0.6) is 0 Å². The minimum absolute atomic E-state index is 0.0631. The molecule has 0 fully saturated rings. The van der Waals surface area contributed by atoms with E-state index in [2.05, 4.69) is 20.8 Å². The zero-order valence-electron chi connectivity index (χ0n) is 37.9. The molecule has 0 heterocycles. The Morgan fingerprint density at radius 2 is 0.482 bits per heavy atom. The van der Waals surface area contributed by atoms with Crippen LogP contribution < -0.4 is 0 Å². The van der Waals surface area contributed by atoms with E-state index in [1.807, 2.05) is 0 Å². The number of esters is 3. The monoisotopic (exact) mass is 793 g/mol. The molecule has 0 aliphatic heterocycles. The number of hydrogen-bond acceptors (Lipinski definition) is 6. The van der Waals surface area contributed by atoms with E-state index in [4.69, 9.17) is 14.2 Å². The summed E-state index contributed by atoms with van der Waals surface area (Å²) in [6.07, 6.45) is 48.3. The van der Waals surface area contributed by atoms with Gasteiger partial charge in [-0.15, -0.1) is 0 Å². The molecule has 0 saturated carbocycles. The zero-order valence-corrected chi connectivity index (χ0v) is 37.9. The van der Waals surface area contributed by atoms with E-state index in [1.54, 1.807) is 0 Å². The van der Waals surface area contributed by atoms with Gasteiger partial charge in [0.15, 0.2) is 6.10 Å². The third-order valence-electron chi connectivity index (χ3n) is 11.4. The first kappa shape index (κ1) is 54.4. The highest BCUT2D eigenvalue weighted by Crippen LogP contribution is 2.17. The molecule has 0 amide bonds. The summed E-state index contributed by atoms with van der Waals surface area (Å²) in [5.41, 5.74) is 0. The Morgan fingerprint density at radius 3 is 0.714 bits per heavy atom. The molecule has 0 aliphatic rings. The van der Waals surface area contributed by atoms with Gasteiger partial charge in [0.2, 0.25) is 0 Å². The zero-order chi connectivity index (χ0) is 40.8. The quantitative estimate of drug-likeness (QED) is 0.0347. The molecule has 0 aromatic rings. The van der Waals surface area contributed by atoms with E-state index in [1.165, 1.54) is 186 Å². The van der Waals surface area contributed by atoms with Crippen molar-refractivity contribution in [1.82, 2.24) is 0 Å². The lowest BCUT2D eigenvalue weighted by Crippen LogP contribution is -2.30. The Morgan fingerprint density at radius 1 is 0.286 bits per heavy atom. The van der Waals surface area contributed by atoms with E-state index >= 15 is 0 Å². The molecule has 6 nitrogen and oxygen atoms in total. The van der Waals surface area contributed by atoms with Crippen LogP contribution in [0.2, 0.25) is 0 Å². The SMILES string of the molecule is CCCCCCCCCCCCCCCCCCCCCCCCC(=O)OCC(COC(=O)CCCCCCCCC)OC(=O)CCCCCCCCCCC. The van der Waals surface area contributed by atoms with Crippen LogP contribution in [0.4, 0.5) is 0 Å². The normalized spacial score (nSPS) is 11.8. The fourth-order valence-electron chi connectivity index (χ4n) is 7.56. The van der Waals surface area contributed by atoms with Crippen LogP contribution in [-0.4, -0.2) is 37.2 Å². The lowest BCUT2D eigenvalue weighted by atomic mass is 10.0. The third-order valence-corrected chi connectivity index (χ3v) is 11.4. The summed E-state index contributed by atoms with van der Waals surface area (Å²) in [5, 5.41) is 0. The molecular formula is C50H96O6. The molecule has 0 radical (unpaired) electrons. The van der Waals surface area contributed by atoms with Crippen molar-refractivity contribution >= 4 is 17.9 Å². The van der Waals surface area contributed by atoms with Crippen molar-refractivity contribution in [2.45, 2.75) is 290 Å². The van der Waals surface area contributed by atoms with Crippen LogP contribution in [0.15, 0.2) is 0 Å². The highest BCUT2D eigenvalue weighted by molar-refractivity contribution is 5.71. The first-order chi connectivity index (χ1) is 27.5. The van der Waals surface area contributed by atoms with Gasteiger partial charge < -0.3 is 14.2 Å². The minimum Gasteiger partial charge on any atom is -0.462 e. The second-order valence-electron chi connectivity index (χ2n) is 17.1. The molecule has 0 rings (SSSR count). The molecule has 1 unspecified atom stereocenters. The highest BCUT2D eigenvalue weighted by atomic mass is 16.6. The Labute approximate surface area is 348 Å². The number of ether oxygens (including phenoxy) is 3. The lowest BCUT2D eigenvalue weighted by Gasteiger charge is -2.18. The van der Waals surface area contributed by atoms with Crippen LogP contribution in [0.1, 0.15) is 284 Å². The average molecular weight is 793 g/mol. The topological polar surface area (TPSA) is 78.9 Å². The molecule has 6 heteroatoms. The van der Waals surface area contributed by atoms with E-state index in [9.17, 15) is 14.4 Å². The number of unbranched alkanes of at least 4 members (excludes halogenated alkanes) is 35.